The van der Waals surface area contributed by atoms with E-state index in [1.54, 1.807) is 13.2 Å². The molecule has 0 bridgehead atoms. The van der Waals surface area contributed by atoms with Crippen LogP contribution in [-0.4, -0.2) is 28.6 Å². The highest BCUT2D eigenvalue weighted by molar-refractivity contribution is 5.83. The summed E-state index contributed by atoms with van der Waals surface area (Å²) in [5.74, 6) is 1.77. The predicted molar refractivity (Wildman–Crippen MR) is 85.9 cm³/mol. The number of nitro benzene ring substituents is 1. The summed E-state index contributed by atoms with van der Waals surface area (Å²) in [6, 6.07) is 10.0. The number of hydrogen-bond donors (Lipinski definition) is 1. The lowest BCUT2D eigenvalue weighted by atomic mass is 10.1. The van der Waals surface area contributed by atoms with Gasteiger partial charge in [-0.15, -0.1) is 0 Å². The monoisotopic (exact) mass is 313 g/mol. The molecule has 118 valence electrons. The molecule has 0 saturated carbocycles. The molecular weight excluding hydrogens is 298 g/mol. The molecule has 2 aromatic carbocycles. The zero-order valence-electron chi connectivity index (χ0n) is 12.7. The molecule has 3 rings (SSSR count). The van der Waals surface area contributed by atoms with Crippen molar-refractivity contribution in [2.45, 2.75) is 6.92 Å². The molecule has 0 fully saturated rings. The summed E-state index contributed by atoms with van der Waals surface area (Å²) in [7, 11) is 1.57. The Morgan fingerprint density at radius 3 is 2.83 bits per heavy atom. The number of rotatable bonds is 5. The highest BCUT2D eigenvalue weighted by atomic mass is 16.6. The number of methoxy groups -OCH3 is 1. The fraction of sp³-hybridized carbons (Fsp3) is 0.188. The molecule has 0 amide bonds. The fourth-order valence-corrected chi connectivity index (χ4v) is 2.39. The van der Waals surface area contributed by atoms with Gasteiger partial charge in [0.2, 0.25) is 0 Å². The topological polar surface area (TPSA) is 90.3 Å². The van der Waals surface area contributed by atoms with Crippen LogP contribution in [0.1, 0.15) is 6.92 Å². The second kappa shape index (κ2) is 5.96. The highest BCUT2D eigenvalue weighted by Gasteiger charge is 2.16. The molecule has 0 aliphatic heterocycles. The van der Waals surface area contributed by atoms with Gasteiger partial charge in [-0.2, -0.15) is 0 Å². The SMILES string of the molecule is CCOc1c(OC)cccc1-c1nc2ccc([N+](=O)[O-])cc2[nH]1. The molecule has 1 aromatic heterocycles. The Morgan fingerprint density at radius 1 is 1.30 bits per heavy atom. The number of non-ortho nitro benzene ring substituents is 1. The summed E-state index contributed by atoms with van der Waals surface area (Å²) >= 11 is 0. The van der Waals surface area contributed by atoms with E-state index in [2.05, 4.69) is 9.97 Å². The number of H-pyrrole nitrogens is 1. The minimum atomic E-state index is -0.433. The quantitative estimate of drug-likeness (QED) is 0.574. The summed E-state index contributed by atoms with van der Waals surface area (Å²) < 4.78 is 11.0. The summed E-state index contributed by atoms with van der Waals surface area (Å²) in [6.45, 7) is 2.37. The van der Waals surface area contributed by atoms with Crippen LogP contribution in [0.2, 0.25) is 0 Å². The Bertz CT molecular complexity index is 873. The number of nitrogens with one attached hydrogen (secondary N) is 1. The standard InChI is InChI=1S/C16H15N3O4/c1-3-23-15-11(5-4-6-14(15)22-2)16-17-12-8-7-10(19(20)21)9-13(12)18-16/h4-9H,3H2,1-2H3,(H,17,18). The molecule has 3 aromatic rings. The summed E-state index contributed by atoms with van der Waals surface area (Å²) in [5, 5.41) is 10.9. The minimum absolute atomic E-state index is 0.0170. The largest absolute Gasteiger partial charge is 0.493 e. The number of aromatic nitrogens is 2. The maximum atomic E-state index is 10.9. The van der Waals surface area contributed by atoms with Crippen molar-refractivity contribution < 1.29 is 14.4 Å². The van der Waals surface area contributed by atoms with Crippen molar-refractivity contribution >= 4 is 16.7 Å². The highest BCUT2D eigenvalue weighted by Crippen LogP contribution is 2.37. The van der Waals surface area contributed by atoms with Crippen LogP contribution in [0, 0.1) is 10.1 Å². The number of fused-ring (bicyclic) bond motifs is 1. The number of nitro groups is 1. The van der Waals surface area contributed by atoms with Gasteiger partial charge in [0.15, 0.2) is 11.5 Å². The van der Waals surface area contributed by atoms with E-state index in [0.29, 0.717) is 35.0 Å². The number of hydrogen-bond acceptors (Lipinski definition) is 5. The molecule has 0 atom stereocenters. The van der Waals surface area contributed by atoms with Crippen LogP contribution in [0.4, 0.5) is 5.69 Å². The Labute approximate surface area is 132 Å². The van der Waals surface area contributed by atoms with Gasteiger partial charge in [0, 0.05) is 12.1 Å². The normalized spacial score (nSPS) is 10.7. The first-order chi connectivity index (χ1) is 11.1. The first-order valence-electron chi connectivity index (χ1n) is 7.08. The van der Waals surface area contributed by atoms with Crippen molar-refractivity contribution in [3.05, 3.63) is 46.5 Å². The van der Waals surface area contributed by atoms with Gasteiger partial charge in [0.25, 0.3) is 5.69 Å². The smallest absolute Gasteiger partial charge is 0.271 e. The van der Waals surface area contributed by atoms with Crippen molar-refractivity contribution in [3.8, 4) is 22.9 Å². The second-order valence-electron chi connectivity index (χ2n) is 4.81. The van der Waals surface area contributed by atoms with Gasteiger partial charge in [-0.3, -0.25) is 10.1 Å². The molecule has 0 radical (unpaired) electrons. The van der Waals surface area contributed by atoms with Gasteiger partial charge in [-0.1, -0.05) is 6.07 Å². The molecule has 0 unspecified atom stereocenters. The molecule has 1 N–H and O–H groups in total. The number of para-hydroxylation sites is 1. The number of imidazole rings is 1. The van der Waals surface area contributed by atoms with E-state index < -0.39 is 4.92 Å². The number of nitrogens with zero attached hydrogens (tertiary/aromatic N) is 2. The lowest BCUT2D eigenvalue weighted by Gasteiger charge is -2.12. The lowest BCUT2D eigenvalue weighted by molar-refractivity contribution is -0.384. The van der Waals surface area contributed by atoms with Gasteiger partial charge in [0.05, 0.1) is 35.2 Å². The van der Waals surface area contributed by atoms with Gasteiger partial charge in [-0.05, 0) is 25.1 Å². The van der Waals surface area contributed by atoms with Crippen LogP contribution in [0.5, 0.6) is 11.5 Å². The average molecular weight is 313 g/mol. The molecule has 23 heavy (non-hydrogen) atoms. The molecule has 7 heteroatoms. The van der Waals surface area contributed by atoms with Crippen LogP contribution >= 0.6 is 0 Å². The number of aromatic amines is 1. The Hall–Kier alpha value is -3.09. The third-order valence-electron chi connectivity index (χ3n) is 3.42. The van der Waals surface area contributed by atoms with Crippen molar-refractivity contribution in [2.75, 3.05) is 13.7 Å². The molecule has 0 spiro atoms. The Kier molecular flexibility index (Phi) is 3.84. The predicted octanol–water partition coefficient (Wildman–Crippen LogP) is 3.55. The van der Waals surface area contributed by atoms with Crippen molar-refractivity contribution in [1.82, 2.24) is 9.97 Å². The van der Waals surface area contributed by atoms with E-state index in [1.807, 2.05) is 25.1 Å². The second-order valence-corrected chi connectivity index (χ2v) is 4.81. The molecular formula is C16H15N3O4. The Morgan fingerprint density at radius 2 is 2.13 bits per heavy atom. The van der Waals surface area contributed by atoms with Crippen molar-refractivity contribution in [2.24, 2.45) is 0 Å². The maximum Gasteiger partial charge on any atom is 0.271 e. The Balaban J connectivity index is 2.15. The van der Waals surface area contributed by atoms with E-state index in [-0.39, 0.29) is 5.69 Å². The van der Waals surface area contributed by atoms with E-state index in [4.69, 9.17) is 9.47 Å². The van der Waals surface area contributed by atoms with Crippen LogP contribution in [0.25, 0.3) is 22.4 Å². The molecule has 0 aliphatic carbocycles. The van der Waals surface area contributed by atoms with Crippen LogP contribution in [-0.2, 0) is 0 Å². The third-order valence-corrected chi connectivity index (χ3v) is 3.42. The van der Waals surface area contributed by atoms with Gasteiger partial charge in [0.1, 0.15) is 5.82 Å². The summed E-state index contributed by atoms with van der Waals surface area (Å²) in [5.41, 5.74) is 2.00. The minimum Gasteiger partial charge on any atom is -0.493 e. The zero-order chi connectivity index (χ0) is 16.4. The summed E-state index contributed by atoms with van der Waals surface area (Å²) in [6.07, 6.45) is 0. The van der Waals surface area contributed by atoms with E-state index in [9.17, 15) is 10.1 Å². The molecule has 0 saturated heterocycles. The van der Waals surface area contributed by atoms with E-state index in [1.165, 1.54) is 12.1 Å². The first-order valence-corrected chi connectivity index (χ1v) is 7.08. The van der Waals surface area contributed by atoms with Crippen LogP contribution in [0.15, 0.2) is 36.4 Å². The molecule has 1 heterocycles. The van der Waals surface area contributed by atoms with Crippen molar-refractivity contribution in [3.63, 3.8) is 0 Å². The average Bonchev–Trinajstić information content (AvgIpc) is 2.98. The van der Waals surface area contributed by atoms with Gasteiger partial charge >= 0.3 is 0 Å². The number of benzene rings is 2. The van der Waals surface area contributed by atoms with Crippen molar-refractivity contribution in [1.29, 1.82) is 0 Å². The zero-order valence-corrected chi connectivity index (χ0v) is 12.7. The fourth-order valence-electron chi connectivity index (χ4n) is 2.39. The lowest BCUT2D eigenvalue weighted by Crippen LogP contribution is -1.98. The molecule has 7 nitrogen and oxygen atoms in total. The first kappa shape index (κ1) is 14.8. The van der Waals surface area contributed by atoms with E-state index >= 15 is 0 Å². The number of ether oxygens (including phenoxy) is 2. The van der Waals surface area contributed by atoms with Crippen LogP contribution < -0.4 is 9.47 Å². The van der Waals surface area contributed by atoms with Gasteiger partial charge in [-0.25, -0.2) is 4.98 Å². The third kappa shape index (κ3) is 2.68. The molecule has 0 aliphatic rings. The van der Waals surface area contributed by atoms with E-state index in [0.717, 1.165) is 5.56 Å². The maximum absolute atomic E-state index is 10.9. The van der Waals surface area contributed by atoms with Gasteiger partial charge < -0.3 is 14.5 Å². The summed E-state index contributed by atoms with van der Waals surface area (Å²) in [4.78, 5) is 18.0. The van der Waals surface area contributed by atoms with Crippen LogP contribution in [0.3, 0.4) is 0 Å².